The van der Waals surface area contributed by atoms with Crippen molar-refractivity contribution in [1.82, 2.24) is 4.90 Å². The van der Waals surface area contributed by atoms with Crippen LogP contribution in [0.4, 0.5) is 0 Å². The van der Waals surface area contributed by atoms with Gasteiger partial charge < -0.3 is 13.9 Å². The normalized spacial score (nSPS) is 30.1. The van der Waals surface area contributed by atoms with Crippen LogP contribution in [-0.4, -0.2) is 43.9 Å². The maximum Gasteiger partial charge on any atom is 0.327 e. The summed E-state index contributed by atoms with van der Waals surface area (Å²) in [5, 5.41) is 0. The summed E-state index contributed by atoms with van der Waals surface area (Å²) < 4.78 is 23.1. The van der Waals surface area contributed by atoms with E-state index in [4.69, 9.17) is 9.05 Å². The molecule has 2 aliphatic heterocycles. The Balaban J connectivity index is 0.00000200. The van der Waals surface area contributed by atoms with Gasteiger partial charge >= 0.3 is 7.60 Å². The molecule has 0 aliphatic carbocycles. The third kappa shape index (κ3) is 5.31. The van der Waals surface area contributed by atoms with Gasteiger partial charge in [0, 0.05) is 12.7 Å². The molecule has 2 unspecified atom stereocenters. The third-order valence-electron chi connectivity index (χ3n) is 4.28. The van der Waals surface area contributed by atoms with Crippen molar-refractivity contribution in [3.8, 4) is 0 Å². The Morgan fingerprint density at radius 3 is 2.65 bits per heavy atom. The van der Waals surface area contributed by atoms with Crippen molar-refractivity contribution in [3.63, 3.8) is 0 Å². The van der Waals surface area contributed by atoms with E-state index in [1.165, 1.54) is 45.2 Å². The summed E-state index contributed by atoms with van der Waals surface area (Å²) in [5.74, 6) is 0.535. The van der Waals surface area contributed by atoms with Crippen LogP contribution in [0.5, 0.6) is 0 Å². The van der Waals surface area contributed by atoms with E-state index in [-0.39, 0.29) is 12.4 Å². The van der Waals surface area contributed by atoms with Crippen molar-refractivity contribution in [3.05, 3.63) is 0 Å². The average Bonchev–Trinajstić information content (AvgIpc) is 2.43. The molecule has 20 heavy (non-hydrogen) atoms. The molecular weight excluding hydrogens is 297 g/mol. The van der Waals surface area contributed by atoms with Gasteiger partial charge in [0.05, 0.1) is 13.2 Å². The highest BCUT2D eigenvalue weighted by Crippen LogP contribution is 2.45. The van der Waals surface area contributed by atoms with Crippen LogP contribution in [0, 0.1) is 5.92 Å². The summed E-state index contributed by atoms with van der Waals surface area (Å²) in [6, 6.07) is 0.647. The van der Waals surface area contributed by atoms with Crippen LogP contribution < -0.4 is 0 Å². The summed E-state index contributed by atoms with van der Waals surface area (Å²) in [4.78, 5) is 2.61. The highest BCUT2D eigenvalue weighted by Gasteiger charge is 2.34. The second-order valence-corrected chi connectivity index (χ2v) is 7.96. The predicted molar refractivity (Wildman–Crippen MR) is 84.9 cm³/mol. The molecule has 120 valence electrons. The first-order valence-electron chi connectivity index (χ1n) is 7.73. The quantitative estimate of drug-likeness (QED) is 0.693. The minimum Gasteiger partial charge on any atom is -0.309 e. The molecule has 0 N–H and O–H groups in total. The van der Waals surface area contributed by atoms with Crippen molar-refractivity contribution in [2.24, 2.45) is 5.92 Å². The van der Waals surface area contributed by atoms with E-state index in [2.05, 4.69) is 4.90 Å². The molecule has 2 heterocycles. The summed E-state index contributed by atoms with van der Waals surface area (Å²) in [6.07, 6.45) is 7.26. The maximum absolute atomic E-state index is 12.1. The number of hydrogen-bond donors (Lipinski definition) is 0. The molecule has 2 saturated heterocycles. The van der Waals surface area contributed by atoms with Crippen LogP contribution >= 0.6 is 20.0 Å². The molecule has 0 aromatic carbocycles. The number of hydrogen-bond acceptors (Lipinski definition) is 4. The van der Waals surface area contributed by atoms with Crippen LogP contribution in [0.15, 0.2) is 0 Å². The van der Waals surface area contributed by atoms with E-state index < -0.39 is 7.60 Å². The van der Waals surface area contributed by atoms with Crippen molar-refractivity contribution >= 4 is 20.0 Å². The minimum atomic E-state index is -2.84. The molecule has 0 saturated carbocycles. The Hall–Kier alpha value is 0.400. The first-order valence-corrected chi connectivity index (χ1v) is 9.72. The van der Waals surface area contributed by atoms with Crippen molar-refractivity contribution in [2.45, 2.75) is 51.5 Å². The Morgan fingerprint density at radius 2 is 1.90 bits per heavy atom. The Morgan fingerprint density at radius 1 is 1.15 bits per heavy atom. The molecule has 0 radical (unpaired) electrons. The van der Waals surface area contributed by atoms with Crippen LogP contribution in [0.3, 0.4) is 0 Å². The first kappa shape index (κ1) is 18.4. The molecule has 4 nitrogen and oxygen atoms in total. The molecule has 6 heteroatoms. The lowest BCUT2D eigenvalue weighted by Gasteiger charge is -2.44. The van der Waals surface area contributed by atoms with Gasteiger partial charge in [0.2, 0.25) is 0 Å². The zero-order chi connectivity index (χ0) is 13.7. The molecule has 0 aromatic heterocycles. The van der Waals surface area contributed by atoms with Crippen LogP contribution in [0.1, 0.15) is 45.4 Å². The molecule has 3 atom stereocenters. The van der Waals surface area contributed by atoms with E-state index in [9.17, 15) is 4.57 Å². The largest absolute Gasteiger partial charge is 0.327 e. The first-order chi connectivity index (χ1) is 9.12. The zero-order valence-corrected chi connectivity index (χ0v) is 14.5. The number of fused-ring (bicyclic) bond motifs is 1. The third-order valence-corrected chi connectivity index (χ3v) is 5.55. The molecule has 0 bridgehead atoms. The maximum atomic E-state index is 12.1. The Bertz CT molecular complexity index is 328. The lowest BCUT2D eigenvalue weighted by Crippen LogP contribution is -2.49. The lowest BCUT2D eigenvalue weighted by molar-refractivity contribution is 0.0329. The summed E-state index contributed by atoms with van der Waals surface area (Å²) in [6.45, 7) is 7.20. The molecule has 0 amide bonds. The standard InChI is InChI=1S/C14H28NO3P.ClH/c1-3-11-17-19(2,16)18-12-13-7-6-10-15-9-5-4-8-14(13)15;/h13-14H,3-12H2,1-2H3;1H/t13-,14?,19?;/m0./s1. The molecule has 0 spiro atoms. The molecule has 2 fully saturated rings. The van der Waals surface area contributed by atoms with Gasteiger partial charge in [0.1, 0.15) is 0 Å². The molecular formula is C14H29ClNO3P. The van der Waals surface area contributed by atoms with Crippen molar-refractivity contribution in [1.29, 1.82) is 0 Å². The molecule has 2 rings (SSSR count). The average molecular weight is 326 g/mol. The second kappa shape index (κ2) is 8.75. The number of halogens is 1. The fourth-order valence-corrected chi connectivity index (χ4v) is 4.35. The molecule has 2 aliphatic rings. The minimum absolute atomic E-state index is 0. The van der Waals surface area contributed by atoms with E-state index in [0.717, 1.165) is 6.42 Å². The van der Waals surface area contributed by atoms with Crippen LogP contribution in [0.25, 0.3) is 0 Å². The zero-order valence-electron chi connectivity index (χ0n) is 12.8. The fourth-order valence-electron chi connectivity index (χ4n) is 3.30. The summed E-state index contributed by atoms with van der Waals surface area (Å²) in [7, 11) is -2.84. The predicted octanol–water partition coefficient (Wildman–Crippen LogP) is 3.94. The van der Waals surface area contributed by atoms with Gasteiger partial charge in [-0.15, -0.1) is 12.4 Å². The van der Waals surface area contributed by atoms with Gasteiger partial charge in [0.15, 0.2) is 0 Å². The van der Waals surface area contributed by atoms with E-state index >= 15 is 0 Å². The summed E-state index contributed by atoms with van der Waals surface area (Å²) in [5.41, 5.74) is 0. The van der Waals surface area contributed by atoms with Crippen molar-refractivity contribution in [2.75, 3.05) is 33.0 Å². The van der Waals surface area contributed by atoms with Gasteiger partial charge in [0.25, 0.3) is 0 Å². The Kier molecular flexibility index (Phi) is 8.07. The van der Waals surface area contributed by atoms with Gasteiger partial charge in [-0.3, -0.25) is 4.57 Å². The van der Waals surface area contributed by atoms with E-state index in [1.807, 2.05) is 6.92 Å². The number of rotatable bonds is 6. The van der Waals surface area contributed by atoms with Crippen LogP contribution in [-0.2, 0) is 13.6 Å². The highest BCUT2D eigenvalue weighted by atomic mass is 35.5. The van der Waals surface area contributed by atoms with E-state index in [0.29, 0.717) is 25.2 Å². The summed E-state index contributed by atoms with van der Waals surface area (Å²) >= 11 is 0. The van der Waals surface area contributed by atoms with Gasteiger partial charge in [-0.1, -0.05) is 13.3 Å². The van der Waals surface area contributed by atoms with Crippen LogP contribution in [0.2, 0.25) is 0 Å². The van der Waals surface area contributed by atoms with Gasteiger partial charge in [-0.25, -0.2) is 0 Å². The molecule has 0 aromatic rings. The van der Waals surface area contributed by atoms with Gasteiger partial charge in [-0.05, 0) is 51.1 Å². The lowest BCUT2D eigenvalue weighted by atomic mass is 9.84. The van der Waals surface area contributed by atoms with E-state index in [1.54, 1.807) is 6.66 Å². The fraction of sp³-hybridized carbons (Fsp3) is 1.00. The number of piperidine rings is 2. The monoisotopic (exact) mass is 325 g/mol. The smallest absolute Gasteiger partial charge is 0.309 e. The number of nitrogens with zero attached hydrogens (tertiary/aromatic N) is 1. The topological polar surface area (TPSA) is 38.8 Å². The van der Waals surface area contributed by atoms with Gasteiger partial charge in [-0.2, -0.15) is 0 Å². The SMILES string of the molecule is CCCOP(C)(=O)OC[C@@H]1CCCN2CCCCC12.Cl. The van der Waals surface area contributed by atoms with Crippen molar-refractivity contribution < 1.29 is 13.6 Å². The highest BCUT2D eigenvalue weighted by molar-refractivity contribution is 7.52. The second-order valence-electron chi connectivity index (χ2n) is 5.90. The Labute approximate surface area is 129 Å².